The van der Waals surface area contributed by atoms with Crippen molar-refractivity contribution in [2.75, 3.05) is 5.32 Å². The van der Waals surface area contributed by atoms with Crippen LogP contribution in [-0.2, 0) is 0 Å². The highest BCUT2D eigenvalue weighted by atomic mass is 19.4. The number of benzene rings is 1. The fraction of sp³-hybridized carbons (Fsp3) is 0.417. The van der Waals surface area contributed by atoms with Gasteiger partial charge in [-0.25, -0.2) is 4.79 Å². The van der Waals surface area contributed by atoms with Gasteiger partial charge in [0.25, 0.3) is 0 Å². The normalized spacial score (nSPS) is 12.4. The lowest BCUT2D eigenvalue weighted by atomic mass is 10.1. The summed E-state index contributed by atoms with van der Waals surface area (Å²) in [5, 5.41) is 2.81. The van der Waals surface area contributed by atoms with Crippen LogP contribution in [0.5, 0.6) is 0 Å². The molecule has 21 heavy (non-hydrogen) atoms. The quantitative estimate of drug-likeness (QED) is 0.798. The van der Waals surface area contributed by atoms with Gasteiger partial charge in [0.2, 0.25) is 6.04 Å². The summed E-state index contributed by atoms with van der Waals surface area (Å²) in [5.41, 5.74) is 1.69. The minimum absolute atomic E-state index is 0.0960. The van der Waals surface area contributed by atoms with E-state index in [-0.39, 0.29) is 5.69 Å². The van der Waals surface area contributed by atoms with Gasteiger partial charge in [-0.1, -0.05) is 6.07 Å². The fourth-order valence-electron chi connectivity index (χ4n) is 1.47. The van der Waals surface area contributed by atoms with E-state index in [0.29, 0.717) is 0 Å². The maximum Gasteiger partial charge on any atom is 0.417 e. The molecule has 0 aromatic heterocycles. The first-order chi connectivity index (χ1) is 9.41. The van der Waals surface area contributed by atoms with Crippen molar-refractivity contribution in [1.82, 2.24) is 5.32 Å². The van der Waals surface area contributed by atoms with Crippen molar-refractivity contribution in [1.29, 1.82) is 0 Å². The second kappa shape index (κ2) is 5.82. The van der Waals surface area contributed by atoms with Gasteiger partial charge in [-0.3, -0.25) is 0 Å². The number of nitrogens with one attached hydrogen (secondary N) is 2. The molecule has 0 atom stereocenters. The molecule has 0 aliphatic rings. The van der Waals surface area contributed by atoms with Gasteiger partial charge in [0.1, 0.15) is 0 Å². The first-order valence-electron chi connectivity index (χ1n) is 5.69. The molecular weight excluding hydrogens is 302 g/mol. The molecule has 0 unspecified atom stereocenters. The van der Waals surface area contributed by atoms with Crippen molar-refractivity contribution < 1.29 is 31.1 Å². The number of carbonyl (C=O) groups excluding carboxylic acids is 1. The molecule has 1 aromatic carbocycles. The summed E-state index contributed by atoms with van der Waals surface area (Å²) in [6.07, 6.45) is -11.3. The lowest BCUT2D eigenvalue weighted by molar-refractivity contribution is -0.255. The lowest BCUT2D eigenvalue weighted by Crippen LogP contribution is -2.55. The number of hydrogen-bond acceptors (Lipinski definition) is 1. The van der Waals surface area contributed by atoms with Gasteiger partial charge in [-0.15, -0.1) is 0 Å². The Hall–Kier alpha value is -1.93. The van der Waals surface area contributed by atoms with Crippen molar-refractivity contribution in [3.05, 3.63) is 29.3 Å². The molecule has 0 radical (unpaired) electrons. The molecule has 2 amide bonds. The Labute approximate surface area is 116 Å². The number of rotatable bonds is 2. The molecule has 3 nitrogen and oxygen atoms in total. The molecular formula is C12H12F6N2O. The van der Waals surface area contributed by atoms with Gasteiger partial charge in [0, 0.05) is 5.69 Å². The zero-order valence-electron chi connectivity index (χ0n) is 11.0. The summed E-state index contributed by atoms with van der Waals surface area (Å²) in [6, 6.07) is -1.12. The molecule has 1 aromatic rings. The Morgan fingerprint density at radius 1 is 1.00 bits per heavy atom. The van der Waals surface area contributed by atoms with Crippen molar-refractivity contribution in [2.24, 2.45) is 0 Å². The van der Waals surface area contributed by atoms with Crippen LogP contribution in [0, 0.1) is 13.8 Å². The van der Waals surface area contributed by atoms with Crippen LogP contribution in [0.25, 0.3) is 0 Å². The minimum atomic E-state index is -5.63. The summed E-state index contributed by atoms with van der Waals surface area (Å²) in [6.45, 7) is 3.45. The molecule has 0 aliphatic heterocycles. The van der Waals surface area contributed by atoms with E-state index in [1.165, 1.54) is 12.1 Å². The number of amides is 2. The predicted octanol–water partition coefficient (Wildman–Crippen LogP) is 3.92. The van der Waals surface area contributed by atoms with Gasteiger partial charge in [-0.2, -0.15) is 26.3 Å². The van der Waals surface area contributed by atoms with Crippen LogP contribution in [0.4, 0.5) is 36.8 Å². The molecule has 118 valence electrons. The number of halogens is 6. The standard InChI is InChI=1S/C12H12F6N2O/c1-6-3-4-8(5-7(6)2)19-10(21)20-9(11(13,14)15)12(16,17)18/h3-5,9H,1-2H3,(H2,19,20,21). The van der Waals surface area contributed by atoms with E-state index in [0.717, 1.165) is 16.4 Å². The summed E-state index contributed by atoms with van der Waals surface area (Å²) < 4.78 is 73.6. The summed E-state index contributed by atoms with van der Waals surface area (Å²) >= 11 is 0. The SMILES string of the molecule is Cc1ccc(NC(=O)NC(C(F)(F)F)C(F)(F)F)cc1C. The van der Waals surface area contributed by atoms with Crippen molar-refractivity contribution >= 4 is 11.7 Å². The molecule has 0 aliphatic carbocycles. The average Bonchev–Trinajstić information content (AvgIpc) is 2.28. The van der Waals surface area contributed by atoms with Crippen LogP contribution >= 0.6 is 0 Å². The summed E-state index contributed by atoms with van der Waals surface area (Å²) in [7, 11) is 0. The third-order valence-corrected chi connectivity index (χ3v) is 2.69. The Bertz CT molecular complexity index is 509. The zero-order valence-corrected chi connectivity index (χ0v) is 11.0. The maximum absolute atomic E-state index is 12.3. The van der Waals surface area contributed by atoms with Gasteiger partial charge < -0.3 is 10.6 Å². The van der Waals surface area contributed by atoms with Gasteiger partial charge >= 0.3 is 18.4 Å². The topological polar surface area (TPSA) is 41.1 Å². The van der Waals surface area contributed by atoms with E-state index in [9.17, 15) is 31.1 Å². The van der Waals surface area contributed by atoms with Crippen LogP contribution in [0.15, 0.2) is 18.2 Å². The van der Waals surface area contributed by atoms with Crippen LogP contribution in [0.1, 0.15) is 11.1 Å². The third-order valence-electron chi connectivity index (χ3n) is 2.69. The third kappa shape index (κ3) is 4.83. The second-order valence-electron chi connectivity index (χ2n) is 4.41. The van der Waals surface area contributed by atoms with Gasteiger partial charge in [0.05, 0.1) is 0 Å². The predicted molar refractivity (Wildman–Crippen MR) is 64.0 cm³/mol. The molecule has 0 fully saturated rings. The van der Waals surface area contributed by atoms with Crippen LogP contribution in [-0.4, -0.2) is 24.4 Å². The van der Waals surface area contributed by atoms with E-state index in [1.807, 2.05) is 5.32 Å². The monoisotopic (exact) mass is 314 g/mol. The molecule has 0 heterocycles. The Balaban J connectivity index is 2.81. The smallest absolute Gasteiger partial charge is 0.318 e. The largest absolute Gasteiger partial charge is 0.417 e. The number of hydrogen-bond donors (Lipinski definition) is 2. The number of carbonyl (C=O) groups is 1. The van der Waals surface area contributed by atoms with Crippen LogP contribution in [0.3, 0.4) is 0 Å². The highest BCUT2D eigenvalue weighted by Crippen LogP contribution is 2.33. The van der Waals surface area contributed by atoms with Crippen molar-refractivity contribution in [2.45, 2.75) is 32.2 Å². The Kier molecular flexibility index (Phi) is 4.75. The first kappa shape index (κ1) is 17.1. The maximum atomic E-state index is 12.3. The van der Waals surface area contributed by atoms with E-state index in [1.54, 1.807) is 19.9 Å². The molecule has 0 spiro atoms. The summed E-state index contributed by atoms with van der Waals surface area (Å²) in [5.74, 6) is 0. The fourth-order valence-corrected chi connectivity index (χ4v) is 1.47. The molecule has 2 N–H and O–H groups in total. The summed E-state index contributed by atoms with van der Waals surface area (Å²) in [4.78, 5) is 11.3. The number of alkyl halides is 6. The van der Waals surface area contributed by atoms with E-state index in [2.05, 4.69) is 0 Å². The van der Waals surface area contributed by atoms with Crippen molar-refractivity contribution in [3.63, 3.8) is 0 Å². The first-order valence-corrected chi connectivity index (χ1v) is 5.69. The van der Waals surface area contributed by atoms with Crippen LogP contribution < -0.4 is 10.6 Å². The number of aryl methyl sites for hydroxylation is 2. The molecule has 0 saturated carbocycles. The average molecular weight is 314 g/mol. The minimum Gasteiger partial charge on any atom is -0.318 e. The molecule has 0 bridgehead atoms. The van der Waals surface area contributed by atoms with Crippen molar-refractivity contribution in [3.8, 4) is 0 Å². The molecule has 9 heteroatoms. The number of anilines is 1. The second-order valence-corrected chi connectivity index (χ2v) is 4.41. The van der Waals surface area contributed by atoms with E-state index < -0.39 is 24.4 Å². The highest BCUT2D eigenvalue weighted by Gasteiger charge is 2.57. The Morgan fingerprint density at radius 2 is 1.52 bits per heavy atom. The molecule has 0 saturated heterocycles. The lowest BCUT2D eigenvalue weighted by Gasteiger charge is -2.24. The van der Waals surface area contributed by atoms with E-state index >= 15 is 0 Å². The highest BCUT2D eigenvalue weighted by molar-refractivity contribution is 5.89. The van der Waals surface area contributed by atoms with Gasteiger partial charge in [0.15, 0.2) is 0 Å². The van der Waals surface area contributed by atoms with E-state index in [4.69, 9.17) is 0 Å². The zero-order chi connectivity index (χ0) is 16.4. The van der Waals surface area contributed by atoms with Crippen LogP contribution in [0.2, 0.25) is 0 Å². The molecule has 1 rings (SSSR count). The Morgan fingerprint density at radius 3 is 1.95 bits per heavy atom. The number of urea groups is 1. The van der Waals surface area contributed by atoms with Gasteiger partial charge in [-0.05, 0) is 37.1 Å².